The molecule has 1 fully saturated rings. The number of rotatable bonds is 0. The minimum atomic E-state index is -3.18. The summed E-state index contributed by atoms with van der Waals surface area (Å²) in [6.07, 6.45) is 6.02. The quantitative estimate of drug-likeness (QED) is 0.553. The largest absolute Gasteiger partial charge is 0.294 e. The maximum absolute atomic E-state index is 11.7. The van der Waals surface area contributed by atoms with Crippen LogP contribution in [0.2, 0.25) is 0 Å². The molecule has 3 aliphatic rings. The van der Waals surface area contributed by atoms with E-state index in [-0.39, 0.29) is 23.5 Å². The fraction of sp³-hybridized carbons (Fsp3) is 0.500. The lowest BCUT2D eigenvalue weighted by Gasteiger charge is -2.27. The molecule has 3 rings (SSSR count). The van der Waals surface area contributed by atoms with Crippen molar-refractivity contribution in [2.45, 2.75) is 11.7 Å². The molecular formula is C10H10O3S. The highest BCUT2D eigenvalue weighted by Gasteiger charge is 2.54. The van der Waals surface area contributed by atoms with E-state index in [1.165, 1.54) is 6.08 Å². The molecule has 0 aromatic carbocycles. The van der Waals surface area contributed by atoms with Gasteiger partial charge in [0.05, 0.1) is 5.25 Å². The van der Waals surface area contributed by atoms with Crippen LogP contribution in [-0.4, -0.2) is 19.5 Å². The van der Waals surface area contributed by atoms with Gasteiger partial charge in [0.2, 0.25) is 0 Å². The standard InChI is InChI=1S/C10H10O3S/c11-8-3-4-14(12,13)10-7-2-1-6(5-7)9(8)10/h1-4,6-7,9-10H,5H2/t6-,7-,9-,10-/m0/s1. The molecule has 0 saturated heterocycles. The van der Waals surface area contributed by atoms with E-state index >= 15 is 0 Å². The van der Waals surface area contributed by atoms with E-state index in [1.54, 1.807) is 0 Å². The van der Waals surface area contributed by atoms with Crippen LogP contribution in [-0.2, 0) is 14.6 Å². The van der Waals surface area contributed by atoms with E-state index in [0.29, 0.717) is 0 Å². The van der Waals surface area contributed by atoms with Gasteiger partial charge in [-0.05, 0) is 24.3 Å². The van der Waals surface area contributed by atoms with E-state index in [9.17, 15) is 13.2 Å². The van der Waals surface area contributed by atoms with E-state index in [4.69, 9.17) is 0 Å². The highest BCUT2D eigenvalue weighted by molar-refractivity contribution is 7.95. The van der Waals surface area contributed by atoms with Crippen LogP contribution in [0, 0.1) is 17.8 Å². The van der Waals surface area contributed by atoms with Gasteiger partial charge >= 0.3 is 0 Å². The molecule has 0 unspecified atom stereocenters. The molecule has 4 atom stereocenters. The fourth-order valence-electron chi connectivity index (χ4n) is 2.96. The van der Waals surface area contributed by atoms with Gasteiger partial charge in [0.15, 0.2) is 15.6 Å². The second-order valence-electron chi connectivity index (χ2n) is 4.23. The first kappa shape index (κ1) is 8.41. The van der Waals surface area contributed by atoms with Crippen molar-refractivity contribution in [1.82, 2.24) is 0 Å². The number of ketones is 1. The third-order valence-electron chi connectivity index (χ3n) is 3.52. The average Bonchev–Trinajstić information content (AvgIpc) is 2.71. The Balaban J connectivity index is 2.19. The Labute approximate surface area is 82.4 Å². The molecule has 1 heterocycles. The summed E-state index contributed by atoms with van der Waals surface area (Å²) >= 11 is 0. The molecule has 0 amide bonds. The average molecular weight is 210 g/mol. The molecule has 74 valence electrons. The van der Waals surface area contributed by atoms with Gasteiger partial charge in [-0.15, -0.1) is 0 Å². The first-order valence-electron chi connectivity index (χ1n) is 4.74. The molecular weight excluding hydrogens is 200 g/mol. The van der Waals surface area contributed by atoms with Gasteiger partial charge in [0.25, 0.3) is 0 Å². The molecule has 3 nitrogen and oxygen atoms in total. The summed E-state index contributed by atoms with van der Waals surface area (Å²) in [7, 11) is -3.18. The Morgan fingerprint density at radius 2 is 1.93 bits per heavy atom. The van der Waals surface area contributed by atoms with Crippen molar-refractivity contribution in [1.29, 1.82) is 0 Å². The number of carbonyl (C=O) groups excluding carboxylic acids is 1. The smallest absolute Gasteiger partial charge is 0.175 e. The number of fused-ring (bicyclic) bond motifs is 5. The van der Waals surface area contributed by atoms with Crippen molar-refractivity contribution in [2.75, 3.05) is 0 Å². The number of hydrogen-bond donors (Lipinski definition) is 0. The minimum Gasteiger partial charge on any atom is -0.294 e. The molecule has 2 aliphatic carbocycles. The Hall–Kier alpha value is -0.900. The molecule has 0 spiro atoms. The minimum absolute atomic E-state index is 0.0123. The van der Waals surface area contributed by atoms with Gasteiger partial charge in [0.1, 0.15) is 0 Å². The molecule has 1 aliphatic heterocycles. The van der Waals surface area contributed by atoms with Crippen LogP contribution in [0.1, 0.15) is 6.42 Å². The monoisotopic (exact) mass is 210 g/mol. The van der Waals surface area contributed by atoms with Gasteiger partial charge in [-0.2, -0.15) is 0 Å². The summed E-state index contributed by atoms with van der Waals surface area (Å²) < 4.78 is 23.5. The molecule has 0 aromatic rings. The summed E-state index contributed by atoms with van der Waals surface area (Å²) in [6, 6.07) is 0. The van der Waals surface area contributed by atoms with Crippen molar-refractivity contribution >= 4 is 15.6 Å². The Morgan fingerprint density at radius 3 is 2.64 bits per heavy atom. The molecule has 4 heteroatoms. The highest BCUT2D eigenvalue weighted by Crippen LogP contribution is 2.49. The zero-order valence-corrected chi connectivity index (χ0v) is 8.28. The topological polar surface area (TPSA) is 51.2 Å². The lowest BCUT2D eigenvalue weighted by Crippen LogP contribution is -2.39. The van der Waals surface area contributed by atoms with Gasteiger partial charge < -0.3 is 0 Å². The second-order valence-corrected chi connectivity index (χ2v) is 6.23. The normalized spacial score (nSPS) is 47.0. The lowest BCUT2D eigenvalue weighted by molar-refractivity contribution is -0.118. The summed E-state index contributed by atoms with van der Waals surface area (Å²) in [6.45, 7) is 0. The Kier molecular flexibility index (Phi) is 1.42. The number of carbonyl (C=O) groups is 1. The summed E-state index contributed by atoms with van der Waals surface area (Å²) in [5, 5.41) is 0.625. The molecule has 14 heavy (non-hydrogen) atoms. The van der Waals surface area contributed by atoms with Crippen molar-refractivity contribution < 1.29 is 13.2 Å². The Bertz CT molecular complexity index is 458. The summed E-state index contributed by atoms with van der Waals surface area (Å²) in [4.78, 5) is 11.6. The predicted molar refractivity (Wildman–Crippen MR) is 51.1 cm³/mol. The van der Waals surface area contributed by atoms with Crippen LogP contribution < -0.4 is 0 Å². The van der Waals surface area contributed by atoms with E-state index in [0.717, 1.165) is 11.8 Å². The van der Waals surface area contributed by atoms with Crippen LogP contribution in [0.15, 0.2) is 23.6 Å². The molecule has 0 radical (unpaired) electrons. The van der Waals surface area contributed by atoms with Crippen molar-refractivity contribution in [3.8, 4) is 0 Å². The van der Waals surface area contributed by atoms with Crippen LogP contribution in [0.4, 0.5) is 0 Å². The first-order chi connectivity index (χ1) is 6.59. The third kappa shape index (κ3) is 0.869. The van der Waals surface area contributed by atoms with Crippen LogP contribution >= 0.6 is 0 Å². The predicted octanol–water partition coefficient (Wildman–Crippen LogP) is 0.688. The van der Waals surface area contributed by atoms with Gasteiger partial charge in [-0.1, -0.05) is 12.2 Å². The van der Waals surface area contributed by atoms with E-state index in [1.807, 2.05) is 12.2 Å². The van der Waals surface area contributed by atoms with Crippen molar-refractivity contribution in [3.63, 3.8) is 0 Å². The maximum atomic E-state index is 11.7. The van der Waals surface area contributed by atoms with Gasteiger partial charge in [0, 0.05) is 11.3 Å². The fourth-order valence-corrected chi connectivity index (χ4v) is 4.90. The molecule has 2 bridgehead atoms. The molecule has 1 saturated carbocycles. The maximum Gasteiger partial charge on any atom is 0.175 e. The lowest BCUT2D eigenvalue weighted by atomic mass is 9.89. The zero-order valence-electron chi connectivity index (χ0n) is 7.46. The molecule has 0 aromatic heterocycles. The van der Waals surface area contributed by atoms with E-state index in [2.05, 4.69) is 0 Å². The van der Waals surface area contributed by atoms with Crippen LogP contribution in [0.5, 0.6) is 0 Å². The second kappa shape index (κ2) is 2.37. The van der Waals surface area contributed by atoms with Gasteiger partial charge in [-0.3, -0.25) is 4.79 Å². The summed E-state index contributed by atoms with van der Waals surface area (Å²) in [5.41, 5.74) is 0. The first-order valence-corrected chi connectivity index (χ1v) is 6.35. The number of sulfone groups is 1. The van der Waals surface area contributed by atoms with Gasteiger partial charge in [-0.25, -0.2) is 8.42 Å². The third-order valence-corrected chi connectivity index (χ3v) is 5.43. The zero-order chi connectivity index (χ0) is 9.92. The Morgan fingerprint density at radius 1 is 1.21 bits per heavy atom. The van der Waals surface area contributed by atoms with Crippen LogP contribution in [0.25, 0.3) is 0 Å². The van der Waals surface area contributed by atoms with Crippen molar-refractivity contribution in [2.24, 2.45) is 17.8 Å². The van der Waals surface area contributed by atoms with Crippen molar-refractivity contribution in [3.05, 3.63) is 23.6 Å². The highest BCUT2D eigenvalue weighted by atomic mass is 32.2. The van der Waals surface area contributed by atoms with Crippen LogP contribution in [0.3, 0.4) is 0 Å². The summed E-state index contributed by atoms with van der Waals surface area (Å²) in [5.74, 6) is -0.0669. The number of hydrogen-bond acceptors (Lipinski definition) is 3. The SMILES string of the molecule is O=C1C=CS(=O)(=O)[C@@H]2[C@H]1[C@H]1C=C[C@H]2C1. The molecule has 0 N–H and O–H groups in total. The van der Waals surface area contributed by atoms with E-state index < -0.39 is 15.1 Å². The number of allylic oxidation sites excluding steroid dienone is 3.